The highest BCUT2D eigenvalue weighted by Gasteiger charge is 2.19. The lowest BCUT2D eigenvalue weighted by Gasteiger charge is -2.33. The standard InChI is InChI=1S/C23H50NO2.C2H7NO4S2/c1-3-4-5-6-7-8-9-10-11-12-13-14-15-16-17-18-19-24(2,20-22-25)21-23-26;1-8(4,5)3-9(2,6)7/h25-26H,3-23H2,1-2H3;3H,1-2H3/q+1;. The van der Waals surface area contributed by atoms with Gasteiger partial charge in [0.2, 0.25) is 20.0 Å². The van der Waals surface area contributed by atoms with Crippen LogP contribution in [-0.2, 0) is 20.0 Å². The Balaban J connectivity index is 0. The van der Waals surface area contributed by atoms with Crippen LogP contribution in [-0.4, -0.2) is 83.9 Å². The smallest absolute Gasteiger partial charge is 0.221 e. The van der Waals surface area contributed by atoms with Gasteiger partial charge in [-0.15, -0.1) is 4.13 Å². The summed E-state index contributed by atoms with van der Waals surface area (Å²) in [6.45, 7) is 5.33. The lowest BCUT2D eigenvalue weighted by Crippen LogP contribution is -2.48. The highest BCUT2D eigenvalue weighted by molar-refractivity contribution is 8.04. The SMILES string of the molecule is CCCCCCCCCCCCCCCCCC[N+](C)(CCO)CCO.CS(=O)(=O)NS(C)(=O)=O. The first-order chi connectivity index (χ1) is 16.4. The maximum absolute atomic E-state index is 10.2. The molecule has 0 bridgehead atoms. The van der Waals surface area contributed by atoms with Crippen LogP contribution in [0.3, 0.4) is 0 Å². The largest absolute Gasteiger partial charge is 0.391 e. The molecule has 0 amide bonds. The molecule has 0 saturated heterocycles. The lowest BCUT2D eigenvalue weighted by molar-refractivity contribution is -0.910. The Labute approximate surface area is 217 Å². The molecule has 0 aliphatic rings. The Morgan fingerprint density at radius 3 is 1.06 bits per heavy atom. The Morgan fingerprint density at radius 2 is 0.829 bits per heavy atom. The van der Waals surface area contributed by atoms with E-state index in [1.54, 1.807) is 0 Å². The molecule has 35 heavy (non-hydrogen) atoms. The average molecular weight is 546 g/mol. The van der Waals surface area contributed by atoms with E-state index in [0.717, 1.165) is 36.6 Å². The number of quaternary nitrogens is 1. The summed E-state index contributed by atoms with van der Waals surface area (Å²) in [6.07, 6.45) is 23.9. The van der Waals surface area contributed by atoms with Gasteiger partial charge in [-0.3, -0.25) is 0 Å². The van der Waals surface area contributed by atoms with E-state index >= 15 is 0 Å². The van der Waals surface area contributed by atoms with Gasteiger partial charge in [0.05, 0.1) is 39.3 Å². The van der Waals surface area contributed by atoms with Crippen molar-refractivity contribution in [1.82, 2.24) is 4.13 Å². The molecule has 0 rings (SSSR count). The van der Waals surface area contributed by atoms with Gasteiger partial charge in [-0.25, -0.2) is 16.8 Å². The molecule has 8 nitrogen and oxygen atoms in total. The van der Waals surface area contributed by atoms with Gasteiger partial charge < -0.3 is 14.7 Å². The van der Waals surface area contributed by atoms with Crippen molar-refractivity contribution in [2.24, 2.45) is 0 Å². The fraction of sp³-hybridized carbons (Fsp3) is 1.00. The zero-order valence-corrected chi connectivity index (χ0v) is 24.8. The van der Waals surface area contributed by atoms with Crippen molar-refractivity contribution >= 4 is 20.0 Å². The summed E-state index contributed by atoms with van der Waals surface area (Å²) >= 11 is 0. The number of likely N-dealkylation sites (N-methyl/N-ethyl adjacent to an activating group) is 1. The molecule has 0 radical (unpaired) electrons. The highest BCUT2D eigenvalue weighted by atomic mass is 32.3. The number of aliphatic hydroxyl groups is 2. The number of rotatable bonds is 23. The second-order valence-corrected chi connectivity index (χ2v) is 13.9. The highest BCUT2D eigenvalue weighted by Crippen LogP contribution is 2.14. The molecule has 0 atom stereocenters. The van der Waals surface area contributed by atoms with Crippen molar-refractivity contribution < 1.29 is 31.5 Å². The molecule has 0 unspecified atom stereocenters. The minimum atomic E-state index is -3.62. The number of hydrogen-bond acceptors (Lipinski definition) is 6. The lowest BCUT2D eigenvalue weighted by atomic mass is 10.0. The van der Waals surface area contributed by atoms with Crippen molar-refractivity contribution in [3.63, 3.8) is 0 Å². The third-order valence-corrected chi connectivity index (χ3v) is 8.56. The summed E-state index contributed by atoms with van der Waals surface area (Å²) in [4.78, 5) is 0. The van der Waals surface area contributed by atoms with Crippen molar-refractivity contribution in [2.75, 3.05) is 52.4 Å². The molecule has 0 fully saturated rings. The van der Waals surface area contributed by atoms with Gasteiger partial charge in [0.1, 0.15) is 13.1 Å². The number of hydrogen-bond donors (Lipinski definition) is 3. The van der Waals surface area contributed by atoms with Crippen LogP contribution in [0.25, 0.3) is 0 Å². The van der Waals surface area contributed by atoms with E-state index in [0.29, 0.717) is 0 Å². The van der Waals surface area contributed by atoms with Gasteiger partial charge in [-0.1, -0.05) is 96.8 Å². The predicted molar refractivity (Wildman–Crippen MR) is 147 cm³/mol. The van der Waals surface area contributed by atoms with Crippen molar-refractivity contribution in [3.8, 4) is 0 Å². The first-order valence-corrected chi connectivity index (χ1v) is 17.4. The molecule has 0 heterocycles. The zero-order chi connectivity index (χ0) is 27.1. The van der Waals surface area contributed by atoms with Gasteiger partial charge in [-0.2, -0.15) is 0 Å². The van der Waals surface area contributed by atoms with E-state index in [2.05, 4.69) is 14.0 Å². The van der Waals surface area contributed by atoms with E-state index in [1.807, 2.05) is 0 Å². The average Bonchev–Trinajstić information content (AvgIpc) is 2.71. The van der Waals surface area contributed by atoms with Crippen LogP contribution in [0.15, 0.2) is 0 Å². The van der Waals surface area contributed by atoms with Gasteiger partial charge in [0.25, 0.3) is 0 Å². The Bertz CT molecular complexity index is 633. The molecular formula is C25H57N2O6S2+. The van der Waals surface area contributed by atoms with Crippen molar-refractivity contribution in [1.29, 1.82) is 0 Å². The van der Waals surface area contributed by atoms with Crippen LogP contribution in [0.5, 0.6) is 0 Å². The van der Waals surface area contributed by atoms with E-state index < -0.39 is 20.0 Å². The van der Waals surface area contributed by atoms with Gasteiger partial charge in [0, 0.05) is 0 Å². The van der Waals surface area contributed by atoms with E-state index in [9.17, 15) is 16.8 Å². The molecule has 0 aliphatic heterocycles. The van der Waals surface area contributed by atoms with E-state index in [-0.39, 0.29) is 13.2 Å². The third-order valence-electron chi connectivity index (χ3n) is 6.13. The summed E-state index contributed by atoms with van der Waals surface area (Å²) in [5, 5.41) is 18.3. The number of sulfonamides is 2. The second-order valence-electron chi connectivity index (χ2n) is 10.2. The van der Waals surface area contributed by atoms with Crippen LogP contribution in [0.1, 0.15) is 110 Å². The fourth-order valence-electron chi connectivity index (χ4n) is 4.13. The summed E-state index contributed by atoms with van der Waals surface area (Å²) < 4.78 is 42.8. The van der Waals surface area contributed by atoms with Gasteiger partial charge in [0.15, 0.2) is 0 Å². The Morgan fingerprint density at radius 1 is 0.543 bits per heavy atom. The second kappa shape index (κ2) is 22.9. The monoisotopic (exact) mass is 545 g/mol. The normalized spacial score (nSPS) is 12.4. The molecule has 214 valence electrons. The molecule has 0 aliphatic carbocycles. The van der Waals surface area contributed by atoms with Crippen LogP contribution >= 0.6 is 0 Å². The summed E-state index contributed by atoms with van der Waals surface area (Å²) in [5.41, 5.74) is 0. The molecule has 0 saturated carbocycles. The van der Waals surface area contributed by atoms with Crippen LogP contribution in [0.4, 0.5) is 0 Å². The molecule has 0 aromatic heterocycles. The maximum Gasteiger partial charge on any atom is 0.221 e. The molecule has 0 aromatic carbocycles. The molecule has 0 spiro atoms. The van der Waals surface area contributed by atoms with Gasteiger partial charge >= 0.3 is 0 Å². The van der Waals surface area contributed by atoms with Gasteiger partial charge in [-0.05, 0) is 12.8 Å². The van der Waals surface area contributed by atoms with Crippen LogP contribution < -0.4 is 4.13 Å². The summed E-state index contributed by atoms with van der Waals surface area (Å²) in [7, 11) is -5.09. The molecule has 10 heteroatoms. The fourth-order valence-corrected chi connectivity index (χ4v) is 6.33. The van der Waals surface area contributed by atoms with Crippen molar-refractivity contribution in [3.05, 3.63) is 0 Å². The first-order valence-electron chi connectivity index (χ1n) is 13.6. The first kappa shape index (κ1) is 36.9. The number of nitrogens with one attached hydrogen (secondary N) is 1. The quantitative estimate of drug-likeness (QED) is 0.131. The Hall–Kier alpha value is -0.260. The van der Waals surface area contributed by atoms with E-state index in [4.69, 9.17) is 10.2 Å². The maximum atomic E-state index is 10.2. The molecule has 3 N–H and O–H groups in total. The van der Waals surface area contributed by atoms with Crippen LogP contribution in [0, 0.1) is 0 Å². The third kappa shape index (κ3) is 31.7. The Kier molecular flexibility index (Phi) is 24.1. The predicted octanol–water partition coefficient (Wildman–Crippen LogP) is 4.17. The number of aliphatic hydroxyl groups excluding tert-OH is 2. The molecule has 0 aromatic rings. The summed E-state index contributed by atoms with van der Waals surface area (Å²) in [6, 6.07) is 0. The van der Waals surface area contributed by atoms with E-state index in [1.165, 1.54) is 107 Å². The minimum absolute atomic E-state index is 0.218. The van der Waals surface area contributed by atoms with Crippen molar-refractivity contribution in [2.45, 2.75) is 110 Å². The topological polar surface area (TPSA) is 121 Å². The zero-order valence-electron chi connectivity index (χ0n) is 23.1. The summed E-state index contributed by atoms with van der Waals surface area (Å²) in [5.74, 6) is 0. The number of unbranched alkanes of at least 4 members (excludes halogenated alkanes) is 15. The molecular weight excluding hydrogens is 488 g/mol. The van der Waals surface area contributed by atoms with Crippen LogP contribution in [0.2, 0.25) is 0 Å². The minimum Gasteiger partial charge on any atom is -0.391 e. The number of nitrogens with zero attached hydrogens (tertiary/aromatic N) is 1.